The average molecular weight is 498 g/mol. The summed E-state index contributed by atoms with van der Waals surface area (Å²) in [6.45, 7) is 9.81. The summed E-state index contributed by atoms with van der Waals surface area (Å²) in [4.78, 5) is 37.4. The van der Waals surface area contributed by atoms with Gasteiger partial charge in [0.25, 0.3) is 0 Å². The van der Waals surface area contributed by atoms with Gasteiger partial charge >= 0.3 is 0 Å². The monoisotopic (exact) mass is 497 g/mol. The highest BCUT2D eigenvalue weighted by atomic mass is 32.1. The maximum atomic E-state index is 11.2. The fourth-order valence-corrected chi connectivity index (χ4v) is 5.61. The number of ether oxygens (including phenoxy) is 1. The van der Waals surface area contributed by atoms with Gasteiger partial charge in [0.1, 0.15) is 6.29 Å². The maximum absolute atomic E-state index is 11.2. The number of nitrogens with zero attached hydrogens (tertiary/aromatic N) is 7. The number of thiophene rings is 1. The second-order valence-corrected chi connectivity index (χ2v) is 10.5. The summed E-state index contributed by atoms with van der Waals surface area (Å²) in [6.07, 6.45) is 4.17. The Kier molecular flexibility index (Phi) is 6.89. The van der Waals surface area contributed by atoms with E-state index in [1.807, 2.05) is 0 Å². The van der Waals surface area contributed by atoms with Crippen LogP contribution in [0.25, 0.3) is 21.6 Å². The molecule has 5 rings (SSSR count). The molecule has 11 nitrogen and oxygen atoms in total. The highest BCUT2D eigenvalue weighted by molar-refractivity contribution is 7.19. The van der Waals surface area contributed by atoms with Crippen molar-refractivity contribution in [3.8, 4) is 11.4 Å². The first-order valence-electron chi connectivity index (χ1n) is 11.8. The number of nitrogen functional groups attached to an aromatic ring is 1. The van der Waals surface area contributed by atoms with E-state index in [1.54, 1.807) is 30.7 Å². The third-order valence-electron chi connectivity index (χ3n) is 6.32. The molecule has 0 aromatic carbocycles. The van der Waals surface area contributed by atoms with Gasteiger partial charge in [-0.25, -0.2) is 19.9 Å². The van der Waals surface area contributed by atoms with Crippen LogP contribution in [0.4, 0.5) is 11.8 Å². The molecular weight excluding hydrogens is 466 g/mol. The van der Waals surface area contributed by atoms with Crippen molar-refractivity contribution >= 4 is 39.6 Å². The lowest BCUT2D eigenvalue weighted by atomic mass is 10.1. The molecule has 4 N–H and O–H groups in total. The number of anilines is 2. The molecule has 0 saturated carbocycles. The summed E-state index contributed by atoms with van der Waals surface area (Å²) in [5.41, 5.74) is 12.6. The van der Waals surface area contributed by atoms with Gasteiger partial charge in [0, 0.05) is 69.6 Å². The van der Waals surface area contributed by atoms with Gasteiger partial charge in [0.15, 0.2) is 11.6 Å². The predicted molar refractivity (Wildman–Crippen MR) is 136 cm³/mol. The van der Waals surface area contributed by atoms with E-state index in [0.717, 1.165) is 73.7 Å². The van der Waals surface area contributed by atoms with E-state index in [9.17, 15) is 4.79 Å². The third-order valence-corrected chi connectivity index (χ3v) is 7.43. The fourth-order valence-electron chi connectivity index (χ4n) is 4.46. The van der Waals surface area contributed by atoms with Crippen molar-refractivity contribution in [3.63, 3.8) is 0 Å². The number of rotatable bonds is 7. The molecule has 2 aliphatic rings. The Morgan fingerprint density at radius 1 is 1.09 bits per heavy atom. The van der Waals surface area contributed by atoms with Gasteiger partial charge < -0.3 is 25.9 Å². The van der Waals surface area contributed by atoms with E-state index < -0.39 is 5.54 Å². The van der Waals surface area contributed by atoms with Gasteiger partial charge in [-0.1, -0.05) is 0 Å². The molecule has 5 heterocycles. The van der Waals surface area contributed by atoms with Gasteiger partial charge in [0.2, 0.25) is 5.95 Å². The molecule has 3 aromatic heterocycles. The largest absolute Gasteiger partial charge is 0.378 e. The SMILES string of the molecule is CC(N)(C=O)CN1CCN(Cc2cc3nc(-c4cnc(N)nc4)nc(N4CCOCC4)c3s2)CC1. The molecule has 1 atom stereocenters. The lowest BCUT2D eigenvalue weighted by Gasteiger charge is -2.37. The summed E-state index contributed by atoms with van der Waals surface area (Å²) in [5.74, 6) is 1.75. The van der Waals surface area contributed by atoms with Crippen LogP contribution in [0.15, 0.2) is 18.5 Å². The first-order chi connectivity index (χ1) is 16.9. The molecule has 0 radical (unpaired) electrons. The zero-order chi connectivity index (χ0) is 24.4. The summed E-state index contributed by atoms with van der Waals surface area (Å²) in [6, 6.07) is 2.17. The van der Waals surface area contributed by atoms with Gasteiger partial charge in [-0.05, 0) is 13.0 Å². The van der Waals surface area contributed by atoms with E-state index in [0.29, 0.717) is 25.6 Å². The third kappa shape index (κ3) is 5.57. The Hall–Kier alpha value is -2.77. The number of hydrogen-bond donors (Lipinski definition) is 2. The van der Waals surface area contributed by atoms with Crippen LogP contribution in [-0.4, -0.2) is 101 Å². The minimum Gasteiger partial charge on any atom is -0.378 e. The average Bonchev–Trinajstić information content (AvgIpc) is 3.28. The topological polar surface area (TPSA) is 140 Å². The van der Waals surface area contributed by atoms with Crippen LogP contribution < -0.4 is 16.4 Å². The number of piperazine rings is 1. The highest BCUT2D eigenvalue weighted by Gasteiger charge is 2.26. The normalized spacial score (nSPS) is 19.7. The smallest absolute Gasteiger partial charge is 0.219 e. The molecule has 2 aliphatic heterocycles. The standard InChI is InChI=1S/C23H31N9O2S/c1-23(25,15-33)14-31-4-2-30(3-5-31)13-17-10-18-19(35-17)21(32-6-8-34-9-7-32)29-20(28-18)16-11-26-22(24)27-12-16/h10-12,15H,2-9,13-14,25H2,1H3,(H2,24,26,27). The minimum atomic E-state index is -0.796. The van der Waals surface area contributed by atoms with Crippen molar-refractivity contribution in [2.75, 3.05) is 69.7 Å². The Morgan fingerprint density at radius 3 is 2.46 bits per heavy atom. The lowest BCUT2D eigenvalue weighted by molar-refractivity contribution is -0.112. The second kappa shape index (κ2) is 10.1. The zero-order valence-corrected chi connectivity index (χ0v) is 20.7. The van der Waals surface area contributed by atoms with Crippen molar-refractivity contribution in [1.82, 2.24) is 29.7 Å². The van der Waals surface area contributed by atoms with E-state index in [1.165, 1.54) is 4.88 Å². The van der Waals surface area contributed by atoms with E-state index in [2.05, 4.69) is 30.7 Å². The van der Waals surface area contributed by atoms with Crippen LogP contribution in [-0.2, 0) is 16.1 Å². The second-order valence-electron chi connectivity index (χ2n) is 9.40. The number of hydrogen-bond acceptors (Lipinski definition) is 12. The number of nitrogens with two attached hydrogens (primary N) is 2. The molecule has 186 valence electrons. The molecule has 0 amide bonds. The number of carbonyl (C=O) groups excluding carboxylic acids is 1. The molecule has 2 saturated heterocycles. The predicted octanol–water partition coefficient (Wildman–Crippen LogP) is 0.601. The first-order valence-corrected chi connectivity index (χ1v) is 12.6. The molecule has 0 aliphatic carbocycles. The van der Waals surface area contributed by atoms with Crippen LogP contribution in [0, 0.1) is 0 Å². The molecule has 1 unspecified atom stereocenters. The van der Waals surface area contributed by atoms with E-state index >= 15 is 0 Å². The zero-order valence-electron chi connectivity index (χ0n) is 19.9. The van der Waals surface area contributed by atoms with Gasteiger partial charge in [-0.2, -0.15) is 0 Å². The number of fused-ring (bicyclic) bond motifs is 1. The Bertz CT molecular complexity index is 1170. The Morgan fingerprint density at radius 2 is 1.77 bits per heavy atom. The molecule has 2 fully saturated rings. The number of aromatic nitrogens is 4. The van der Waals surface area contributed by atoms with Crippen molar-refractivity contribution in [3.05, 3.63) is 23.3 Å². The van der Waals surface area contributed by atoms with Crippen molar-refractivity contribution in [2.24, 2.45) is 5.73 Å². The van der Waals surface area contributed by atoms with Gasteiger partial charge in [-0.3, -0.25) is 9.80 Å². The quantitative estimate of drug-likeness (QED) is 0.444. The first kappa shape index (κ1) is 23.9. The van der Waals surface area contributed by atoms with E-state index in [-0.39, 0.29) is 5.95 Å². The lowest BCUT2D eigenvalue weighted by Crippen LogP contribution is -2.54. The number of aldehydes is 1. The summed E-state index contributed by atoms with van der Waals surface area (Å²) in [5, 5.41) is 0. The maximum Gasteiger partial charge on any atom is 0.219 e. The summed E-state index contributed by atoms with van der Waals surface area (Å²) >= 11 is 1.75. The Labute approximate surface area is 208 Å². The molecule has 0 bridgehead atoms. The fraction of sp³-hybridized carbons (Fsp3) is 0.522. The molecular formula is C23H31N9O2S. The highest BCUT2D eigenvalue weighted by Crippen LogP contribution is 2.35. The van der Waals surface area contributed by atoms with Crippen molar-refractivity contribution in [1.29, 1.82) is 0 Å². The molecule has 12 heteroatoms. The minimum absolute atomic E-state index is 0.225. The van der Waals surface area contributed by atoms with Crippen molar-refractivity contribution < 1.29 is 9.53 Å². The van der Waals surface area contributed by atoms with Crippen LogP contribution in [0.2, 0.25) is 0 Å². The van der Waals surface area contributed by atoms with Crippen LogP contribution in [0.5, 0.6) is 0 Å². The molecule has 0 spiro atoms. The van der Waals surface area contributed by atoms with E-state index in [4.69, 9.17) is 26.2 Å². The summed E-state index contributed by atoms with van der Waals surface area (Å²) < 4.78 is 6.65. The van der Waals surface area contributed by atoms with Gasteiger partial charge in [0.05, 0.1) is 34.5 Å². The number of morpholine rings is 1. The summed E-state index contributed by atoms with van der Waals surface area (Å²) in [7, 11) is 0. The van der Waals surface area contributed by atoms with Gasteiger partial charge in [-0.15, -0.1) is 11.3 Å². The van der Waals surface area contributed by atoms with Crippen LogP contribution >= 0.6 is 11.3 Å². The number of carbonyl (C=O) groups is 1. The van der Waals surface area contributed by atoms with Crippen LogP contribution in [0.1, 0.15) is 11.8 Å². The molecule has 3 aromatic rings. The van der Waals surface area contributed by atoms with Crippen LogP contribution in [0.3, 0.4) is 0 Å². The Balaban J connectivity index is 1.37. The molecule has 35 heavy (non-hydrogen) atoms. The van der Waals surface area contributed by atoms with Crippen molar-refractivity contribution in [2.45, 2.75) is 19.0 Å².